The van der Waals surface area contributed by atoms with Crippen LogP contribution in [0.25, 0.3) is 11.4 Å². The highest BCUT2D eigenvalue weighted by atomic mass is 16.6. The zero-order valence-corrected chi connectivity index (χ0v) is 11.4. The van der Waals surface area contributed by atoms with E-state index in [1.165, 1.54) is 12.1 Å². The molecule has 1 aromatic carbocycles. The lowest BCUT2D eigenvalue weighted by molar-refractivity contribution is -0.384. The van der Waals surface area contributed by atoms with Crippen LogP contribution < -0.4 is 0 Å². The van der Waals surface area contributed by atoms with Crippen LogP contribution in [0.2, 0.25) is 0 Å². The minimum Gasteiger partial charge on any atom is -0.379 e. The Hall–Kier alpha value is -2.32. The molecule has 3 rings (SSSR count). The molecule has 0 unspecified atom stereocenters. The molecule has 0 bridgehead atoms. The van der Waals surface area contributed by atoms with Crippen LogP contribution in [0.3, 0.4) is 0 Å². The van der Waals surface area contributed by atoms with Crippen LogP contribution in [0.15, 0.2) is 24.3 Å². The summed E-state index contributed by atoms with van der Waals surface area (Å²) in [5, 5.41) is 17.7. The third-order valence-corrected chi connectivity index (χ3v) is 3.35. The molecule has 0 amide bonds. The summed E-state index contributed by atoms with van der Waals surface area (Å²) in [6.07, 6.45) is 0. The second-order valence-electron chi connectivity index (χ2n) is 4.80. The Balaban J connectivity index is 1.70. The van der Waals surface area contributed by atoms with Crippen LogP contribution in [0, 0.1) is 10.1 Å². The quantitative estimate of drug-likeness (QED) is 0.671. The summed E-state index contributed by atoms with van der Waals surface area (Å²) in [5.74, 6) is 1.33. The molecular weight excluding hydrogens is 274 g/mol. The van der Waals surface area contributed by atoms with E-state index < -0.39 is 4.92 Å². The van der Waals surface area contributed by atoms with Gasteiger partial charge in [0.05, 0.1) is 24.7 Å². The Labute approximate surface area is 120 Å². The van der Waals surface area contributed by atoms with E-state index in [1.807, 2.05) is 0 Å². The van der Waals surface area contributed by atoms with Gasteiger partial charge in [-0.15, -0.1) is 0 Å². The summed E-state index contributed by atoms with van der Waals surface area (Å²) in [7, 11) is 0. The van der Waals surface area contributed by atoms with Crippen LogP contribution in [0.5, 0.6) is 0 Å². The number of non-ortho nitro benzene ring substituents is 1. The maximum absolute atomic E-state index is 10.6. The normalized spacial score (nSPS) is 16.0. The third kappa shape index (κ3) is 3.23. The number of ether oxygens (including phenoxy) is 1. The van der Waals surface area contributed by atoms with E-state index in [0.717, 1.165) is 37.7 Å². The Bertz CT molecular complexity index is 619. The molecular formula is C13H15N5O3. The molecule has 0 saturated carbocycles. The van der Waals surface area contributed by atoms with Gasteiger partial charge >= 0.3 is 0 Å². The number of aromatic nitrogens is 3. The average molecular weight is 289 g/mol. The Morgan fingerprint density at radius 1 is 1.29 bits per heavy atom. The van der Waals surface area contributed by atoms with Crippen LogP contribution in [-0.2, 0) is 11.3 Å². The zero-order chi connectivity index (χ0) is 14.7. The van der Waals surface area contributed by atoms with E-state index in [4.69, 9.17) is 4.74 Å². The summed E-state index contributed by atoms with van der Waals surface area (Å²) in [4.78, 5) is 16.9. The van der Waals surface area contributed by atoms with Crippen molar-refractivity contribution in [3.05, 3.63) is 40.2 Å². The molecule has 1 aliphatic rings. The summed E-state index contributed by atoms with van der Waals surface area (Å²) >= 11 is 0. The van der Waals surface area contributed by atoms with Gasteiger partial charge in [-0.2, -0.15) is 5.10 Å². The topological polar surface area (TPSA) is 97.2 Å². The molecule has 1 aromatic heterocycles. The van der Waals surface area contributed by atoms with Crippen molar-refractivity contribution < 1.29 is 9.66 Å². The van der Waals surface area contributed by atoms with Gasteiger partial charge in [-0.1, -0.05) is 0 Å². The number of hydrogen-bond acceptors (Lipinski definition) is 6. The average Bonchev–Trinajstić information content (AvgIpc) is 2.97. The van der Waals surface area contributed by atoms with Crippen molar-refractivity contribution in [2.45, 2.75) is 6.54 Å². The first kappa shape index (κ1) is 13.7. The van der Waals surface area contributed by atoms with Crippen molar-refractivity contribution in [3.8, 4) is 11.4 Å². The first-order valence-corrected chi connectivity index (χ1v) is 6.68. The Kier molecular flexibility index (Phi) is 3.89. The molecule has 2 aromatic rings. The second-order valence-corrected chi connectivity index (χ2v) is 4.80. The van der Waals surface area contributed by atoms with Crippen molar-refractivity contribution in [2.75, 3.05) is 26.3 Å². The molecule has 110 valence electrons. The van der Waals surface area contributed by atoms with Gasteiger partial charge < -0.3 is 4.74 Å². The number of nitrogens with one attached hydrogen (secondary N) is 1. The number of rotatable bonds is 4. The van der Waals surface area contributed by atoms with Gasteiger partial charge in [0.15, 0.2) is 5.82 Å². The predicted octanol–water partition coefficient (Wildman–Crippen LogP) is 1.21. The lowest BCUT2D eigenvalue weighted by Crippen LogP contribution is -2.35. The van der Waals surface area contributed by atoms with Gasteiger partial charge in [0.1, 0.15) is 5.82 Å². The fraction of sp³-hybridized carbons (Fsp3) is 0.385. The molecule has 1 saturated heterocycles. The zero-order valence-electron chi connectivity index (χ0n) is 11.4. The Morgan fingerprint density at radius 3 is 2.67 bits per heavy atom. The fourth-order valence-electron chi connectivity index (χ4n) is 2.20. The van der Waals surface area contributed by atoms with Crippen molar-refractivity contribution >= 4 is 5.69 Å². The maximum atomic E-state index is 10.6. The highest BCUT2D eigenvalue weighted by Crippen LogP contribution is 2.19. The maximum Gasteiger partial charge on any atom is 0.269 e. The van der Waals surface area contributed by atoms with Gasteiger partial charge in [0.2, 0.25) is 0 Å². The second kappa shape index (κ2) is 5.98. The van der Waals surface area contributed by atoms with Crippen molar-refractivity contribution in [1.82, 2.24) is 20.1 Å². The first-order chi connectivity index (χ1) is 10.2. The molecule has 8 heteroatoms. The summed E-state index contributed by atoms with van der Waals surface area (Å²) in [5.41, 5.74) is 0.813. The molecule has 2 heterocycles. The SMILES string of the molecule is O=[N+]([O-])c1ccc(-c2n[nH]c(CN3CCOCC3)n2)cc1. The van der Waals surface area contributed by atoms with Crippen LogP contribution >= 0.6 is 0 Å². The minimum atomic E-state index is -0.425. The molecule has 1 fully saturated rings. The summed E-state index contributed by atoms with van der Waals surface area (Å²) in [6, 6.07) is 6.21. The largest absolute Gasteiger partial charge is 0.379 e. The van der Waals surface area contributed by atoms with E-state index in [0.29, 0.717) is 12.4 Å². The monoisotopic (exact) mass is 289 g/mol. The molecule has 0 aliphatic carbocycles. The lowest BCUT2D eigenvalue weighted by Gasteiger charge is -2.25. The number of nitrogens with zero attached hydrogens (tertiary/aromatic N) is 4. The van der Waals surface area contributed by atoms with Crippen molar-refractivity contribution in [2.24, 2.45) is 0 Å². The lowest BCUT2D eigenvalue weighted by atomic mass is 10.2. The number of hydrogen-bond donors (Lipinski definition) is 1. The molecule has 0 radical (unpaired) electrons. The van der Waals surface area contributed by atoms with Crippen LogP contribution in [0.1, 0.15) is 5.82 Å². The molecule has 0 spiro atoms. The minimum absolute atomic E-state index is 0.0582. The van der Waals surface area contributed by atoms with Gasteiger partial charge in [-0.05, 0) is 12.1 Å². The molecule has 0 atom stereocenters. The van der Waals surface area contributed by atoms with E-state index in [1.54, 1.807) is 12.1 Å². The van der Waals surface area contributed by atoms with Crippen molar-refractivity contribution in [1.29, 1.82) is 0 Å². The number of nitro groups is 1. The molecule has 21 heavy (non-hydrogen) atoms. The molecule has 1 N–H and O–H groups in total. The first-order valence-electron chi connectivity index (χ1n) is 6.68. The highest BCUT2D eigenvalue weighted by Gasteiger charge is 2.14. The summed E-state index contributed by atoms with van der Waals surface area (Å²) < 4.78 is 5.30. The van der Waals surface area contributed by atoms with Crippen LogP contribution in [-0.4, -0.2) is 51.3 Å². The highest BCUT2D eigenvalue weighted by molar-refractivity contribution is 5.56. The fourth-order valence-corrected chi connectivity index (χ4v) is 2.20. The third-order valence-electron chi connectivity index (χ3n) is 3.35. The van der Waals surface area contributed by atoms with Gasteiger partial charge in [0, 0.05) is 30.8 Å². The molecule has 8 nitrogen and oxygen atoms in total. The van der Waals surface area contributed by atoms with Gasteiger partial charge in [-0.25, -0.2) is 4.98 Å². The number of aromatic amines is 1. The van der Waals surface area contributed by atoms with Gasteiger partial charge in [0.25, 0.3) is 5.69 Å². The van der Waals surface area contributed by atoms with E-state index in [2.05, 4.69) is 20.1 Å². The summed E-state index contributed by atoms with van der Waals surface area (Å²) in [6.45, 7) is 3.94. The van der Waals surface area contributed by atoms with E-state index in [-0.39, 0.29) is 5.69 Å². The van der Waals surface area contributed by atoms with E-state index in [9.17, 15) is 10.1 Å². The van der Waals surface area contributed by atoms with Crippen molar-refractivity contribution in [3.63, 3.8) is 0 Å². The number of morpholine rings is 1. The van der Waals surface area contributed by atoms with Gasteiger partial charge in [-0.3, -0.25) is 20.1 Å². The number of H-pyrrole nitrogens is 1. The smallest absolute Gasteiger partial charge is 0.269 e. The van der Waals surface area contributed by atoms with Crippen LogP contribution in [0.4, 0.5) is 5.69 Å². The standard InChI is InChI=1S/C13H15N5O3/c19-18(20)11-3-1-10(2-4-11)13-14-12(15-16-13)9-17-5-7-21-8-6-17/h1-4H,5-9H2,(H,14,15,16). The number of benzene rings is 1. The molecule has 1 aliphatic heterocycles. The number of nitro benzene ring substituents is 1. The predicted molar refractivity (Wildman–Crippen MR) is 74.6 cm³/mol. The Morgan fingerprint density at radius 2 is 2.00 bits per heavy atom. The van der Waals surface area contributed by atoms with E-state index >= 15 is 0 Å².